The van der Waals surface area contributed by atoms with Crippen LogP contribution >= 0.6 is 0 Å². The van der Waals surface area contributed by atoms with Gasteiger partial charge < -0.3 is 10.3 Å². The Labute approximate surface area is 87.4 Å². The number of aryl methyl sites for hydroxylation is 1. The van der Waals surface area contributed by atoms with Gasteiger partial charge >= 0.3 is 0 Å². The van der Waals surface area contributed by atoms with Crippen molar-refractivity contribution in [2.24, 2.45) is 5.73 Å². The minimum absolute atomic E-state index is 0.279. The van der Waals surface area contributed by atoms with Crippen LogP contribution < -0.4 is 5.73 Å². The fraction of sp³-hybridized carbons (Fsp3) is 0.182. The topological polar surface area (TPSA) is 43.8 Å². The molecule has 0 radical (unpaired) electrons. The molecular formula is C11H12FN3. The first-order valence-corrected chi connectivity index (χ1v) is 4.72. The number of imidazole rings is 1. The first kappa shape index (κ1) is 9.86. The lowest BCUT2D eigenvalue weighted by molar-refractivity contribution is 0.613. The molecule has 0 aliphatic carbocycles. The average Bonchev–Trinajstić information content (AvgIpc) is 2.64. The van der Waals surface area contributed by atoms with Crippen LogP contribution in [0.4, 0.5) is 4.39 Å². The van der Waals surface area contributed by atoms with Crippen molar-refractivity contribution in [3.8, 4) is 5.69 Å². The average molecular weight is 205 g/mol. The van der Waals surface area contributed by atoms with Gasteiger partial charge in [-0.2, -0.15) is 0 Å². The fourth-order valence-corrected chi connectivity index (χ4v) is 1.61. The second-order valence-corrected chi connectivity index (χ2v) is 3.30. The summed E-state index contributed by atoms with van der Waals surface area (Å²) in [5, 5.41) is 0. The molecule has 2 N–H and O–H groups in total. The van der Waals surface area contributed by atoms with E-state index in [4.69, 9.17) is 5.73 Å². The van der Waals surface area contributed by atoms with Crippen LogP contribution in [0.2, 0.25) is 0 Å². The Hall–Kier alpha value is -1.68. The van der Waals surface area contributed by atoms with Crippen LogP contribution in [0.1, 0.15) is 11.4 Å². The molecule has 0 unspecified atom stereocenters. The summed E-state index contributed by atoms with van der Waals surface area (Å²) in [6.45, 7) is 2.14. The molecule has 4 heteroatoms. The van der Waals surface area contributed by atoms with E-state index in [1.807, 2.05) is 13.0 Å². The summed E-state index contributed by atoms with van der Waals surface area (Å²) in [7, 11) is 0. The normalized spacial score (nSPS) is 10.6. The van der Waals surface area contributed by atoms with Gasteiger partial charge in [0, 0.05) is 18.9 Å². The standard InChI is InChI=1S/C11H12FN3/c1-8-14-5-6-15(8)11-9(7-13)3-2-4-10(11)12/h2-6H,7,13H2,1H3. The molecule has 0 fully saturated rings. The number of hydrogen-bond acceptors (Lipinski definition) is 2. The van der Waals surface area contributed by atoms with Gasteiger partial charge in [-0.1, -0.05) is 12.1 Å². The first-order chi connectivity index (χ1) is 7.24. The largest absolute Gasteiger partial charge is 0.326 e. The third kappa shape index (κ3) is 1.64. The van der Waals surface area contributed by atoms with Gasteiger partial charge in [0.2, 0.25) is 0 Å². The van der Waals surface area contributed by atoms with Crippen LogP contribution in [-0.4, -0.2) is 9.55 Å². The maximum Gasteiger partial charge on any atom is 0.147 e. The van der Waals surface area contributed by atoms with E-state index >= 15 is 0 Å². The molecule has 2 rings (SSSR count). The van der Waals surface area contributed by atoms with Crippen molar-refractivity contribution < 1.29 is 4.39 Å². The lowest BCUT2D eigenvalue weighted by atomic mass is 10.1. The van der Waals surface area contributed by atoms with Crippen LogP contribution in [0.25, 0.3) is 5.69 Å². The van der Waals surface area contributed by atoms with Crippen LogP contribution in [0.3, 0.4) is 0 Å². The molecule has 0 saturated heterocycles. The van der Waals surface area contributed by atoms with Gasteiger partial charge in [0.1, 0.15) is 11.6 Å². The predicted octanol–water partition coefficient (Wildman–Crippen LogP) is 1.78. The molecule has 0 aliphatic heterocycles. The molecule has 2 aromatic rings. The lowest BCUT2D eigenvalue weighted by Crippen LogP contribution is -2.07. The van der Waals surface area contributed by atoms with E-state index < -0.39 is 0 Å². The zero-order valence-corrected chi connectivity index (χ0v) is 8.44. The Morgan fingerprint density at radius 2 is 2.27 bits per heavy atom. The van der Waals surface area contributed by atoms with E-state index in [0.29, 0.717) is 12.2 Å². The number of rotatable bonds is 2. The van der Waals surface area contributed by atoms with Crippen molar-refractivity contribution in [3.63, 3.8) is 0 Å². The maximum absolute atomic E-state index is 13.7. The second-order valence-electron chi connectivity index (χ2n) is 3.30. The van der Waals surface area contributed by atoms with Crippen molar-refractivity contribution in [3.05, 3.63) is 47.8 Å². The van der Waals surface area contributed by atoms with E-state index in [1.54, 1.807) is 23.0 Å². The Balaban J connectivity index is 2.66. The Kier molecular flexibility index (Phi) is 2.51. The highest BCUT2D eigenvalue weighted by atomic mass is 19.1. The smallest absolute Gasteiger partial charge is 0.147 e. The molecule has 0 atom stereocenters. The SMILES string of the molecule is Cc1nccn1-c1c(F)cccc1CN. The monoisotopic (exact) mass is 205 g/mol. The van der Waals surface area contributed by atoms with E-state index in [9.17, 15) is 4.39 Å². The Bertz CT molecular complexity index is 476. The zero-order chi connectivity index (χ0) is 10.8. The van der Waals surface area contributed by atoms with Crippen LogP contribution in [0.15, 0.2) is 30.6 Å². The van der Waals surface area contributed by atoms with Crippen molar-refractivity contribution >= 4 is 0 Å². The summed E-state index contributed by atoms with van der Waals surface area (Å²) < 4.78 is 15.4. The highest BCUT2D eigenvalue weighted by molar-refractivity contribution is 5.43. The molecule has 0 saturated carbocycles. The maximum atomic E-state index is 13.7. The quantitative estimate of drug-likeness (QED) is 0.812. The van der Waals surface area contributed by atoms with Crippen molar-refractivity contribution in [1.29, 1.82) is 0 Å². The second kappa shape index (κ2) is 3.82. The molecule has 0 aliphatic rings. The molecule has 1 heterocycles. The number of hydrogen-bond donors (Lipinski definition) is 1. The molecule has 0 bridgehead atoms. The van der Waals surface area contributed by atoms with Crippen molar-refractivity contribution in [2.45, 2.75) is 13.5 Å². The van der Waals surface area contributed by atoms with E-state index in [-0.39, 0.29) is 5.82 Å². The zero-order valence-electron chi connectivity index (χ0n) is 8.44. The molecule has 0 amide bonds. The number of benzene rings is 1. The molecular weight excluding hydrogens is 193 g/mol. The van der Waals surface area contributed by atoms with E-state index in [0.717, 1.165) is 11.4 Å². The van der Waals surface area contributed by atoms with Gasteiger partial charge in [-0.05, 0) is 18.6 Å². The highest BCUT2D eigenvalue weighted by Gasteiger charge is 2.10. The molecule has 78 valence electrons. The molecule has 1 aromatic heterocycles. The number of para-hydroxylation sites is 1. The predicted molar refractivity (Wildman–Crippen MR) is 56.2 cm³/mol. The van der Waals surface area contributed by atoms with Crippen LogP contribution in [-0.2, 0) is 6.54 Å². The molecule has 1 aromatic carbocycles. The van der Waals surface area contributed by atoms with Gasteiger partial charge in [-0.3, -0.25) is 0 Å². The van der Waals surface area contributed by atoms with Gasteiger partial charge in [0.15, 0.2) is 0 Å². The molecule has 0 spiro atoms. The van der Waals surface area contributed by atoms with Crippen molar-refractivity contribution in [2.75, 3.05) is 0 Å². The number of aromatic nitrogens is 2. The van der Waals surface area contributed by atoms with Crippen molar-refractivity contribution in [1.82, 2.24) is 9.55 Å². The fourth-order valence-electron chi connectivity index (χ4n) is 1.61. The number of halogens is 1. The molecule has 3 nitrogen and oxygen atoms in total. The summed E-state index contributed by atoms with van der Waals surface area (Å²) in [5.41, 5.74) is 6.84. The summed E-state index contributed by atoms with van der Waals surface area (Å²) in [5.74, 6) is 0.467. The third-order valence-corrected chi connectivity index (χ3v) is 2.36. The summed E-state index contributed by atoms with van der Waals surface area (Å²) in [6, 6.07) is 4.90. The first-order valence-electron chi connectivity index (χ1n) is 4.72. The Morgan fingerprint density at radius 1 is 1.47 bits per heavy atom. The lowest BCUT2D eigenvalue weighted by Gasteiger charge is -2.11. The summed E-state index contributed by atoms with van der Waals surface area (Å²) in [6.07, 6.45) is 3.37. The number of nitrogens with zero attached hydrogens (tertiary/aromatic N) is 2. The van der Waals surface area contributed by atoms with Gasteiger partial charge in [0.25, 0.3) is 0 Å². The van der Waals surface area contributed by atoms with Crippen LogP contribution in [0, 0.1) is 12.7 Å². The van der Waals surface area contributed by atoms with E-state index in [1.165, 1.54) is 6.07 Å². The van der Waals surface area contributed by atoms with Gasteiger partial charge in [-0.15, -0.1) is 0 Å². The number of nitrogens with two attached hydrogens (primary N) is 1. The summed E-state index contributed by atoms with van der Waals surface area (Å²) in [4.78, 5) is 4.06. The van der Waals surface area contributed by atoms with Crippen LogP contribution in [0.5, 0.6) is 0 Å². The minimum atomic E-state index is -0.279. The minimum Gasteiger partial charge on any atom is -0.326 e. The highest BCUT2D eigenvalue weighted by Crippen LogP contribution is 2.19. The van der Waals surface area contributed by atoms with Gasteiger partial charge in [-0.25, -0.2) is 9.37 Å². The van der Waals surface area contributed by atoms with E-state index in [2.05, 4.69) is 4.98 Å². The van der Waals surface area contributed by atoms with Gasteiger partial charge in [0.05, 0.1) is 5.69 Å². The summed E-state index contributed by atoms with van der Waals surface area (Å²) >= 11 is 0. The molecule has 15 heavy (non-hydrogen) atoms. The third-order valence-electron chi connectivity index (χ3n) is 2.36. The Morgan fingerprint density at radius 3 is 2.87 bits per heavy atom.